The molecule has 1 aliphatic heterocycles. The quantitative estimate of drug-likeness (QED) is 0.0248. The zero-order chi connectivity index (χ0) is 72.9. The molecule has 0 radical (unpaired) electrons. The Balaban J connectivity index is 1.64. The van der Waals surface area contributed by atoms with Gasteiger partial charge in [-0.15, -0.1) is 11.3 Å². The van der Waals surface area contributed by atoms with Gasteiger partial charge in [0.2, 0.25) is 65.0 Å². The SMILES string of the molecule is CC[C@H](C)C(=O)c1nc(C(=O)N[C@@H](CC(C)C)C(=O)N[C@H](CCC(=O)O)C(=O)N[C@H](C(=O)NCCCC[C@@H]2NC(=O)[C@H](CC(N)=O)NC(=O)[C@@H](CC(=O)O)NC(=O)[C@H](Cc3cnc[nH]3)NC(=O)[C@@H](Cc3ccccc3)NC(=O)[C@H](C(C)C)NC(=O)[C@@H](CCCN)NC2=O)C(C)C)cs1. The lowest BCUT2D eigenvalue weighted by Gasteiger charge is -2.29. The summed E-state index contributed by atoms with van der Waals surface area (Å²) in [6.45, 7) is 13.4. The summed E-state index contributed by atoms with van der Waals surface area (Å²) >= 11 is 0.973. The summed E-state index contributed by atoms with van der Waals surface area (Å²) in [7, 11) is 0. The molecule has 1 saturated heterocycles. The lowest BCUT2D eigenvalue weighted by molar-refractivity contribution is -0.142. The van der Waals surface area contributed by atoms with E-state index in [0.717, 1.165) is 11.3 Å². The molecule has 33 nitrogen and oxygen atoms in total. The number of amides is 12. The summed E-state index contributed by atoms with van der Waals surface area (Å²) in [5, 5.41) is 49.1. The molecule has 0 aliphatic carbocycles. The number of Topliss-reactive ketones (excluding diaryl/α,β-unsaturated/α-hetero) is 1. The predicted octanol–water partition coefficient (Wildman–Crippen LogP) is -1.35. The van der Waals surface area contributed by atoms with Crippen molar-refractivity contribution < 1.29 is 82.1 Å². The summed E-state index contributed by atoms with van der Waals surface area (Å²) in [5.41, 5.74) is 12.2. The fourth-order valence-electron chi connectivity index (χ4n) is 10.2. The van der Waals surface area contributed by atoms with E-state index < -0.39 is 181 Å². The Morgan fingerprint density at radius 2 is 1.17 bits per heavy atom. The molecule has 2 aromatic heterocycles. The van der Waals surface area contributed by atoms with Gasteiger partial charge in [-0.3, -0.25) is 71.9 Å². The largest absolute Gasteiger partial charge is 0.481 e. The Morgan fingerprint density at radius 1 is 0.622 bits per heavy atom. The number of carboxylic acid groups (broad SMARTS) is 2. The molecule has 11 atom stereocenters. The van der Waals surface area contributed by atoms with Gasteiger partial charge in [0.25, 0.3) is 5.91 Å². The molecule has 3 aromatic rings. The third-order valence-corrected chi connectivity index (χ3v) is 16.7. The number of hydrogen-bond acceptors (Lipinski definition) is 19. The zero-order valence-corrected chi connectivity index (χ0v) is 57.1. The second-order valence-electron chi connectivity index (χ2n) is 25.1. The molecule has 538 valence electrons. The first-order chi connectivity index (χ1) is 46.3. The molecule has 0 saturated carbocycles. The van der Waals surface area contributed by atoms with Crippen LogP contribution in [-0.2, 0) is 75.2 Å². The van der Waals surface area contributed by atoms with Crippen molar-refractivity contribution in [3.8, 4) is 0 Å². The molecule has 12 amide bonds. The average molecular weight is 1390 g/mol. The van der Waals surface area contributed by atoms with Crippen molar-refractivity contribution in [3.05, 3.63) is 70.2 Å². The highest BCUT2D eigenvalue weighted by Crippen LogP contribution is 2.19. The fourth-order valence-corrected chi connectivity index (χ4v) is 11.0. The molecule has 0 unspecified atom stereocenters. The predicted molar refractivity (Wildman–Crippen MR) is 354 cm³/mol. The minimum Gasteiger partial charge on any atom is -0.481 e. The molecular weight excluding hydrogens is 1300 g/mol. The van der Waals surface area contributed by atoms with Gasteiger partial charge < -0.3 is 85.1 Å². The number of unbranched alkanes of at least 4 members (excludes halogenated alkanes) is 1. The van der Waals surface area contributed by atoms with Crippen LogP contribution in [0.5, 0.6) is 0 Å². The van der Waals surface area contributed by atoms with Crippen molar-refractivity contribution >= 4 is 99.9 Å². The van der Waals surface area contributed by atoms with Crippen LogP contribution >= 0.6 is 11.3 Å². The second-order valence-corrected chi connectivity index (χ2v) is 26.0. The number of nitrogens with two attached hydrogens (primary N) is 2. The summed E-state index contributed by atoms with van der Waals surface area (Å²) < 4.78 is 0. The second kappa shape index (κ2) is 40.1. The van der Waals surface area contributed by atoms with Crippen molar-refractivity contribution in [3.63, 3.8) is 0 Å². The molecule has 4 rings (SSSR count). The lowest BCUT2D eigenvalue weighted by atomic mass is 9.99. The summed E-state index contributed by atoms with van der Waals surface area (Å²) in [5.74, 6) is -16.8. The Kier molecular flexibility index (Phi) is 33.0. The van der Waals surface area contributed by atoms with Gasteiger partial charge in [0.15, 0.2) is 10.8 Å². The third kappa shape index (κ3) is 26.7. The number of H-pyrrole nitrogens is 1. The van der Waals surface area contributed by atoms with E-state index >= 15 is 0 Å². The van der Waals surface area contributed by atoms with Crippen molar-refractivity contribution in [1.29, 1.82) is 0 Å². The van der Waals surface area contributed by atoms with Gasteiger partial charge >= 0.3 is 11.9 Å². The molecule has 1 aliphatic rings. The minimum atomic E-state index is -2.00. The van der Waals surface area contributed by atoms with Crippen LogP contribution in [0.1, 0.15) is 158 Å². The third-order valence-electron chi connectivity index (χ3n) is 15.9. The Bertz CT molecular complexity index is 3270. The van der Waals surface area contributed by atoms with Gasteiger partial charge in [0.1, 0.15) is 66.1 Å². The molecule has 1 fully saturated rings. The molecule has 3 heterocycles. The first-order valence-electron chi connectivity index (χ1n) is 32.6. The number of nitrogens with zero attached hydrogens (tertiary/aromatic N) is 2. The molecule has 0 bridgehead atoms. The first-order valence-corrected chi connectivity index (χ1v) is 33.4. The number of ketones is 1. The van der Waals surface area contributed by atoms with Crippen molar-refractivity contribution in [2.75, 3.05) is 13.1 Å². The average Bonchev–Trinajstić information content (AvgIpc) is 1.34. The number of carboxylic acids is 2. The number of thiazole rings is 1. The van der Waals surface area contributed by atoms with Gasteiger partial charge in [-0.2, -0.15) is 0 Å². The highest BCUT2D eigenvalue weighted by molar-refractivity contribution is 7.12. The van der Waals surface area contributed by atoms with E-state index in [1.807, 2.05) is 6.92 Å². The number of benzene rings is 1. The Labute approximate surface area is 571 Å². The maximum atomic E-state index is 14.6. The highest BCUT2D eigenvalue weighted by Gasteiger charge is 2.39. The number of carbonyl (C=O) groups excluding carboxylic acids is 13. The topological polar surface area (TPSA) is 522 Å². The number of aromatic amines is 1. The number of primary amides is 1. The molecule has 0 spiro atoms. The summed E-state index contributed by atoms with van der Waals surface area (Å²) in [6.07, 6.45) is -0.575. The fraction of sp³-hybridized carbons (Fsp3) is 0.578. The number of aliphatic carboxylic acids is 2. The van der Waals surface area contributed by atoms with Crippen LogP contribution in [-0.4, -0.2) is 187 Å². The van der Waals surface area contributed by atoms with Crippen molar-refractivity contribution in [2.45, 2.75) is 199 Å². The smallest absolute Gasteiger partial charge is 0.305 e. The maximum absolute atomic E-state index is 14.6. The van der Waals surface area contributed by atoms with Crippen LogP contribution < -0.4 is 70.0 Å². The monoisotopic (exact) mass is 1390 g/mol. The minimum absolute atomic E-state index is 0.0139. The van der Waals surface area contributed by atoms with Crippen LogP contribution in [0.25, 0.3) is 0 Å². The van der Waals surface area contributed by atoms with E-state index in [4.69, 9.17) is 11.5 Å². The van der Waals surface area contributed by atoms with E-state index in [1.165, 1.54) is 17.9 Å². The zero-order valence-electron chi connectivity index (χ0n) is 56.3. The summed E-state index contributed by atoms with van der Waals surface area (Å²) in [6, 6.07) is -7.13. The van der Waals surface area contributed by atoms with Crippen LogP contribution in [0.15, 0.2) is 48.2 Å². The molecule has 34 heteroatoms. The van der Waals surface area contributed by atoms with Gasteiger partial charge in [-0.1, -0.05) is 85.7 Å². The van der Waals surface area contributed by atoms with Crippen molar-refractivity contribution in [2.24, 2.45) is 35.1 Å². The van der Waals surface area contributed by atoms with Gasteiger partial charge in [0, 0.05) is 49.0 Å². The number of imidazole rings is 1. The van der Waals surface area contributed by atoms with Crippen LogP contribution in [0.3, 0.4) is 0 Å². The molecule has 1 aromatic carbocycles. The van der Waals surface area contributed by atoms with Crippen LogP contribution in [0.4, 0.5) is 0 Å². The molecule has 18 N–H and O–H groups in total. The van der Waals surface area contributed by atoms with Crippen LogP contribution in [0.2, 0.25) is 0 Å². The van der Waals surface area contributed by atoms with E-state index in [0.29, 0.717) is 12.0 Å². The van der Waals surface area contributed by atoms with E-state index in [9.17, 15) is 82.1 Å². The number of carbonyl (C=O) groups is 15. The molecular formula is C64H94N16O17S. The highest BCUT2D eigenvalue weighted by atomic mass is 32.1. The number of hydrogen-bond donors (Lipinski definition) is 16. The normalized spacial score (nSPS) is 20.4. The van der Waals surface area contributed by atoms with Crippen molar-refractivity contribution in [1.82, 2.24) is 73.4 Å². The van der Waals surface area contributed by atoms with E-state index in [-0.39, 0.29) is 98.5 Å². The van der Waals surface area contributed by atoms with Gasteiger partial charge in [0.05, 0.1) is 19.2 Å². The number of aromatic nitrogens is 3. The number of nitrogens with one attached hydrogen (secondary N) is 12. The van der Waals surface area contributed by atoms with Gasteiger partial charge in [-0.05, 0) is 81.2 Å². The van der Waals surface area contributed by atoms with Gasteiger partial charge in [-0.25, -0.2) is 9.97 Å². The lowest BCUT2D eigenvalue weighted by Crippen LogP contribution is -2.61. The van der Waals surface area contributed by atoms with E-state index in [1.54, 1.807) is 78.8 Å². The Morgan fingerprint density at radius 3 is 1.72 bits per heavy atom. The Hall–Kier alpha value is -9.73. The van der Waals surface area contributed by atoms with E-state index in [2.05, 4.69) is 73.4 Å². The van der Waals surface area contributed by atoms with Crippen LogP contribution in [0, 0.1) is 23.7 Å². The molecule has 98 heavy (non-hydrogen) atoms. The first kappa shape index (κ1) is 80.7. The maximum Gasteiger partial charge on any atom is 0.305 e. The summed E-state index contributed by atoms with van der Waals surface area (Å²) in [4.78, 5) is 216. The standard InChI is InChI=1S/C64H94N16O17S/c1-9-35(8)52(86)64-78-46(30-98-64)61(95)73-41(24-32(2)3)56(90)72-40(20-21-48(82)83)55(89)79-50(33(4)5)62(96)68-23-14-13-18-38-53(87)70-39(19-15-22-65)54(88)80-51(34(6)7)63(97)77-42(25-36-16-11-10-12-17-36)57(91)74-43(26-37-29-67-31-69-37)58(92)76-45(28-49(84)85)60(94)75-44(27-47(66)81)59(93)71-38/h10-12,16-17,29-35,38-45,50-51H,9,13-15,18-28,65H2,1-8H3,(H2,66,81)(H,67,69)(H,68,96)(H,70,87)(H,71,93)(H,72,90)(H,73,95)(H,74,91)(H,75,94)(H,76,92)(H,77,97)(H,79,89)(H,80,88)(H,82,83)(H,84,85)/t35-,38-,39+,40+,41-,42+,43-,44-,45+,50-,51-/m0/s1. The number of rotatable bonds is 33.